The highest BCUT2D eigenvalue weighted by Crippen LogP contribution is 2.36. The second-order valence-corrected chi connectivity index (χ2v) is 8.35. The van der Waals surface area contributed by atoms with Crippen molar-refractivity contribution in [3.63, 3.8) is 0 Å². The Labute approximate surface area is 201 Å². The minimum absolute atomic E-state index is 0.303. The Morgan fingerprint density at radius 2 is 1.66 bits per heavy atom. The van der Waals surface area contributed by atoms with Crippen molar-refractivity contribution in [2.24, 2.45) is 0 Å². The highest BCUT2D eigenvalue weighted by atomic mass is 19.4. The highest BCUT2D eigenvalue weighted by Gasteiger charge is 2.52. The van der Waals surface area contributed by atoms with Crippen LogP contribution in [0.2, 0.25) is 0 Å². The van der Waals surface area contributed by atoms with E-state index in [9.17, 15) is 32.7 Å². The molecule has 10 heteroatoms. The summed E-state index contributed by atoms with van der Waals surface area (Å²) in [4.78, 5) is 38.2. The lowest BCUT2D eigenvalue weighted by Crippen LogP contribution is -2.56. The second kappa shape index (κ2) is 10.9. The number of aliphatic hydroxyl groups is 1. The van der Waals surface area contributed by atoms with Crippen LogP contribution in [0.3, 0.4) is 0 Å². The van der Waals surface area contributed by atoms with Crippen molar-refractivity contribution in [2.45, 2.75) is 50.6 Å². The van der Waals surface area contributed by atoms with Crippen LogP contribution in [-0.2, 0) is 23.9 Å². The lowest BCUT2D eigenvalue weighted by Gasteiger charge is -2.39. The van der Waals surface area contributed by atoms with E-state index in [1.807, 2.05) is 0 Å². The summed E-state index contributed by atoms with van der Waals surface area (Å²) in [5, 5.41) is 12.3. The number of ether oxygens (including phenoxy) is 2. The van der Waals surface area contributed by atoms with E-state index in [1.165, 1.54) is 13.8 Å². The summed E-state index contributed by atoms with van der Waals surface area (Å²) in [7, 11) is 1.92. The molecular weight excluding hydrogens is 467 g/mol. The molecule has 190 valence electrons. The van der Waals surface area contributed by atoms with Crippen LogP contribution >= 0.6 is 0 Å². The van der Waals surface area contributed by atoms with Crippen LogP contribution in [0.4, 0.5) is 13.2 Å². The smallest absolute Gasteiger partial charge is 0.467 e. The third-order valence-electron chi connectivity index (χ3n) is 5.67. The minimum atomic E-state index is -5.36. The first-order chi connectivity index (χ1) is 16.3. The van der Waals surface area contributed by atoms with Crippen molar-refractivity contribution in [2.75, 3.05) is 14.2 Å². The van der Waals surface area contributed by atoms with E-state index in [2.05, 4.69) is 11.3 Å². The molecule has 7 nitrogen and oxygen atoms in total. The van der Waals surface area contributed by atoms with Crippen molar-refractivity contribution in [3.05, 3.63) is 60.2 Å². The van der Waals surface area contributed by atoms with E-state index < -0.39 is 54.5 Å². The van der Waals surface area contributed by atoms with Crippen molar-refractivity contribution < 1.29 is 42.1 Å². The average molecular weight is 495 g/mol. The lowest BCUT2D eigenvalue weighted by molar-refractivity contribution is -0.195. The molecule has 0 bridgehead atoms. The van der Waals surface area contributed by atoms with Crippen LogP contribution in [0.15, 0.2) is 54.6 Å². The van der Waals surface area contributed by atoms with E-state index in [0.717, 1.165) is 14.2 Å². The number of hydrogen-bond donors (Lipinski definition) is 1. The first-order valence-electron chi connectivity index (χ1n) is 10.7. The van der Waals surface area contributed by atoms with Gasteiger partial charge in [-0.1, -0.05) is 48.0 Å². The number of hydrogen-bond acceptors (Lipinski definition) is 6. The zero-order chi connectivity index (χ0) is 26.6. The minimum Gasteiger partial charge on any atom is -0.467 e. The molecule has 3 atom stereocenters. The molecule has 0 heterocycles. The third kappa shape index (κ3) is 6.19. The first-order valence-corrected chi connectivity index (χ1v) is 10.7. The maximum Gasteiger partial charge on any atom is 0.471 e. The topological polar surface area (TPSA) is 93.1 Å². The molecule has 1 N–H and O–H groups in total. The fourth-order valence-electron chi connectivity index (χ4n) is 4.17. The molecule has 0 aliphatic heterocycles. The van der Waals surface area contributed by atoms with Gasteiger partial charge in [-0.15, -0.1) is 6.58 Å². The van der Waals surface area contributed by atoms with Gasteiger partial charge in [-0.3, -0.25) is 4.79 Å². The van der Waals surface area contributed by atoms with Gasteiger partial charge in [-0.2, -0.15) is 13.2 Å². The third-order valence-corrected chi connectivity index (χ3v) is 5.67. The monoisotopic (exact) mass is 495 g/mol. The summed E-state index contributed by atoms with van der Waals surface area (Å²) in [6, 6.07) is 8.50. The Balaban J connectivity index is 2.72. The number of methoxy groups -OCH3 is 2. The highest BCUT2D eigenvalue weighted by molar-refractivity contribution is 5.91. The Kier molecular flexibility index (Phi) is 8.67. The molecule has 0 saturated heterocycles. The van der Waals surface area contributed by atoms with Crippen LogP contribution in [0.1, 0.15) is 38.3 Å². The fraction of sp³-hybridized carbons (Fsp3) is 0.400. The predicted molar refractivity (Wildman–Crippen MR) is 122 cm³/mol. The molecular formula is C25H28F3NO6. The molecule has 2 rings (SSSR count). The van der Waals surface area contributed by atoms with Crippen LogP contribution in [0, 0.1) is 0 Å². The van der Waals surface area contributed by atoms with E-state index in [-0.39, 0.29) is 0 Å². The zero-order valence-corrected chi connectivity index (χ0v) is 19.9. The van der Waals surface area contributed by atoms with Crippen LogP contribution in [0.5, 0.6) is 0 Å². The van der Waals surface area contributed by atoms with Gasteiger partial charge in [0.25, 0.3) is 0 Å². The van der Waals surface area contributed by atoms with E-state index >= 15 is 0 Å². The predicted octanol–water partition coefficient (Wildman–Crippen LogP) is 4.09. The Hall–Kier alpha value is -3.40. The number of fused-ring (bicyclic) bond motifs is 1. The van der Waals surface area contributed by atoms with E-state index in [1.54, 1.807) is 42.5 Å². The number of amides is 1. The Bertz CT molecular complexity index is 1110. The normalized spacial score (nSPS) is 15.0. The van der Waals surface area contributed by atoms with Gasteiger partial charge in [-0.25, -0.2) is 9.59 Å². The summed E-state index contributed by atoms with van der Waals surface area (Å²) in [5.41, 5.74) is -1.81. The van der Waals surface area contributed by atoms with Crippen LogP contribution in [-0.4, -0.2) is 59.9 Å². The lowest BCUT2D eigenvalue weighted by atomic mass is 9.87. The molecule has 35 heavy (non-hydrogen) atoms. The van der Waals surface area contributed by atoms with Crippen molar-refractivity contribution in [3.8, 4) is 0 Å². The molecule has 0 radical (unpaired) electrons. The molecule has 2 aromatic rings. The van der Waals surface area contributed by atoms with Crippen molar-refractivity contribution >= 4 is 28.6 Å². The SMILES string of the molecule is C=C(C)C[C@](O)(C[C@@H](C(=O)OC)N(C(=O)C(F)(F)F)[C@H](C)c1cccc2ccccc12)C(=O)OC. The van der Waals surface area contributed by atoms with Gasteiger partial charge in [0.15, 0.2) is 5.60 Å². The number of halogens is 3. The standard InChI is InChI=1S/C25H28F3NO6/c1-15(2)13-24(33,23(32)35-5)14-20(21(30)34-4)29(22(31)25(26,27)28)16(3)18-12-8-10-17-9-6-7-11-19(17)18/h6-12,16,20,33H,1,13-14H2,2-5H3/t16-,20+,24+/m1/s1. The van der Waals surface area contributed by atoms with E-state index in [0.29, 0.717) is 26.8 Å². The maximum atomic E-state index is 13.8. The number of alkyl halides is 3. The number of carbonyl (C=O) groups excluding carboxylic acids is 3. The largest absolute Gasteiger partial charge is 0.471 e. The molecule has 0 fully saturated rings. The number of benzene rings is 2. The maximum absolute atomic E-state index is 13.8. The van der Waals surface area contributed by atoms with Crippen molar-refractivity contribution in [1.82, 2.24) is 4.90 Å². The van der Waals surface area contributed by atoms with Gasteiger partial charge >= 0.3 is 24.0 Å². The van der Waals surface area contributed by atoms with Gasteiger partial charge < -0.3 is 19.5 Å². The zero-order valence-electron chi connectivity index (χ0n) is 19.9. The molecule has 2 aromatic carbocycles. The van der Waals surface area contributed by atoms with Gasteiger partial charge in [0.05, 0.1) is 20.3 Å². The summed E-state index contributed by atoms with van der Waals surface area (Å²) < 4.78 is 50.7. The van der Waals surface area contributed by atoms with Crippen LogP contribution in [0.25, 0.3) is 10.8 Å². The Morgan fingerprint density at radius 3 is 2.20 bits per heavy atom. The van der Waals surface area contributed by atoms with Crippen LogP contribution < -0.4 is 0 Å². The second-order valence-electron chi connectivity index (χ2n) is 8.35. The number of rotatable bonds is 9. The molecule has 0 aliphatic carbocycles. The molecule has 1 amide bonds. The van der Waals surface area contributed by atoms with Gasteiger partial charge in [-0.05, 0) is 30.2 Å². The Morgan fingerprint density at radius 1 is 1.06 bits per heavy atom. The molecule has 0 aliphatic rings. The quantitative estimate of drug-likeness (QED) is 0.416. The number of carbonyl (C=O) groups is 3. The average Bonchev–Trinajstić information content (AvgIpc) is 2.80. The molecule has 0 unspecified atom stereocenters. The van der Waals surface area contributed by atoms with Gasteiger partial charge in [0.2, 0.25) is 0 Å². The van der Waals surface area contributed by atoms with E-state index in [4.69, 9.17) is 4.74 Å². The van der Waals surface area contributed by atoms with Gasteiger partial charge in [0.1, 0.15) is 6.04 Å². The molecule has 0 spiro atoms. The summed E-state index contributed by atoms with van der Waals surface area (Å²) in [5.74, 6) is -4.75. The van der Waals surface area contributed by atoms with Crippen molar-refractivity contribution in [1.29, 1.82) is 0 Å². The number of nitrogens with zero attached hydrogens (tertiary/aromatic N) is 1. The molecule has 0 saturated carbocycles. The summed E-state index contributed by atoms with van der Waals surface area (Å²) >= 11 is 0. The van der Waals surface area contributed by atoms with Gasteiger partial charge in [0, 0.05) is 12.8 Å². The summed E-state index contributed by atoms with van der Waals surface area (Å²) in [6.45, 7) is 6.44. The number of esters is 2. The summed E-state index contributed by atoms with van der Waals surface area (Å²) in [6.07, 6.45) is -6.68. The first kappa shape index (κ1) is 27.8. The molecule has 0 aromatic heterocycles. The fourth-order valence-corrected chi connectivity index (χ4v) is 4.17.